The normalized spacial score (nSPS) is 10.2. The zero-order valence-electron chi connectivity index (χ0n) is 8.32. The molecular weight excluding hydrogens is 249 g/mol. The third kappa shape index (κ3) is 2.40. The fourth-order valence-corrected chi connectivity index (χ4v) is 1.60. The van der Waals surface area contributed by atoms with Gasteiger partial charge in [-0.3, -0.25) is 0 Å². The molecule has 0 radical (unpaired) electrons. The van der Waals surface area contributed by atoms with Crippen molar-refractivity contribution >= 4 is 23.2 Å². The van der Waals surface area contributed by atoms with Gasteiger partial charge in [-0.05, 0) is 17.7 Å². The summed E-state index contributed by atoms with van der Waals surface area (Å²) in [5, 5.41) is 0.407. The number of ether oxygens (including phenoxy) is 1. The summed E-state index contributed by atoms with van der Waals surface area (Å²) in [4.78, 5) is 11.9. The van der Waals surface area contributed by atoms with Gasteiger partial charge >= 0.3 is 0 Å². The van der Waals surface area contributed by atoms with Gasteiger partial charge in [-0.15, -0.1) is 0 Å². The number of aromatic nitrogens is 3. The molecule has 0 N–H and O–H groups in total. The zero-order chi connectivity index (χ0) is 11.5. The van der Waals surface area contributed by atoms with Crippen molar-refractivity contribution in [3.05, 3.63) is 34.8 Å². The number of nitrogens with zero attached hydrogens (tertiary/aromatic N) is 3. The smallest absolute Gasteiger partial charge is 0.224 e. The molecule has 0 aliphatic rings. The van der Waals surface area contributed by atoms with E-state index in [1.165, 1.54) is 0 Å². The van der Waals surface area contributed by atoms with Gasteiger partial charge in [-0.1, -0.05) is 11.6 Å². The van der Waals surface area contributed by atoms with Crippen molar-refractivity contribution in [2.24, 2.45) is 0 Å². The molecule has 0 unspecified atom stereocenters. The highest BCUT2D eigenvalue weighted by Gasteiger charge is 2.04. The van der Waals surface area contributed by atoms with Crippen LogP contribution in [-0.2, 0) is 0 Å². The first kappa shape index (κ1) is 11.1. The van der Waals surface area contributed by atoms with E-state index in [2.05, 4.69) is 15.0 Å². The summed E-state index contributed by atoms with van der Waals surface area (Å²) in [5.74, 6) is 0.537. The van der Waals surface area contributed by atoms with Gasteiger partial charge < -0.3 is 4.74 Å². The summed E-state index contributed by atoms with van der Waals surface area (Å²) in [6.45, 7) is 0. The van der Waals surface area contributed by atoms with Gasteiger partial charge in [0.1, 0.15) is 5.15 Å². The minimum Gasteiger partial charge on any atom is -0.481 e. The number of pyridine rings is 1. The van der Waals surface area contributed by atoms with E-state index in [4.69, 9.17) is 27.9 Å². The third-order valence-corrected chi connectivity index (χ3v) is 2.27. The standard InChI is InChI=1S/C10H7Cl2N3O/c1-16-9-3-2-6(5-13-9)7-4-8(11)15-10(12)14-7/h2-5H,1H3. The van der Waals surface area contributed by atoms with E-state index in [1.54, 1.807) is 25.4 Å². The number of halogens is 2. The summed E-state index contributed by atoms with van der Waals surface area (Å²) in [7, 11) is 1.56. The molecule has 0 aliphatic carbocycles. The van der Waals surface area contributed by atoms with Crippen LogP contribution in [0.1, 0.15) is 0 Å². The maximum atomic E-state index is 5.78. The molecule has 2 aromatic heterocycles. The molecule has 2 aromatic rings. The molecule has 0 atom stereocenters. The van der Waals surface area contributed by atoms with Crippen LogP contribution in [0.15, 0.2) is 24.4 Å². The van der Waals surface area contributed by atoms with Crippen molar-refractivity contribution in [3.8, 4) is 17.1 Å². The topological polar surface area (TPSA) is 47.9 Å². The monoisotopic (exact) mass is 255 g/mol. The maximum Gasteiger partial charge on any atom is 0.224 e. The van der Waals surface area contributed by atoms with Gasteiger partial charge in [-0.2, -0.15) is 0 Å². The Morgan fingerprint density at radius 2 is 2.00 bits per heavy atom. The molecule has 0 aliphatic heterocycles. The first-order valence-corrected chi connectivity index (χ1v) is 5.15. The molecule has 6 heteroatoms. The lowest BCUT2D eigenvalue weighted by atomic mass is 10.2. The van der Waals surface area contributed by atoms with Crippen LogP contribution in [0.3, 0.4) is 0 Å². The lowest BCUT2D eigenvalue weighted by Crippen LogP contribution is -1.91. The van der Waals surface area contributed by atoms with E-state index in [1.807, 2.05) is 6.07 Å². The van der Waals surface area contributed by atoms with E-state index in [0.717, 1.165) is 5.56 Å². The van der Waals surface area contributed by atoms with Crippen molar-refractivity contribution in [1.29, 1.82) is 0 Å². The van der Waals surface area contributed by atoms with Crippen LogP contribution in [0.25, 0.3) is 11.3 Å². The highest BCUT2D eigenvalue weighted by molar-refractivity contribution is 6.32. The fraction of sp³-hybridized carbons (Fsp3) is 0.100. The molecule has 2 rings (SSSR count). The third-order valence-electron chi connectivity index (χ3n) is 1.91. The van der Waals surface area contributed by atoms with Crippen LogP contribution in [-0.4, -0.2) is 22.1 Å². The first-order valence-electron chi connectivity index (χ1n) is 4.39. The molecule has 0 amide bonds. The van der Waals surface area contributed by atoms with Crippen LogP contribution in [0.5, 0.6) is 5.88 Å². The van der Waals surface area contributed by atoms with Crippen molar-refractivity contribution in [1.82, 2.24) is 15.0 Å². The molecular formula is C10H7Cl2N3O. The summed E-state index contributed by atoms with van der Waals surface area (Å²) in [6.07, 6.45) is 1.63. The molecule has 0 saturated carbocycles. The van der Waals surface area contributed by atoms with Gasteiger partial charge in [0.15, 0.2) is 0 Å². The highest BCUT2D eigenvalue weighted by atomic mass is 35.5. The Morgan fingerprint density at radius 3 is 2.56 bits per heavy atom. The van der Waals surface area contributed by atoms with Crippen molar-refractivity contribution in [2.75, 3.05) is 7.11 Å². The number of hydrogen-bond acceptors (Lipinski definition) is 4. The highest BCUT2D eigenvalue weighted by Crippen LogP contribution is 2.21. The van der Waals surface area contributed by atoms with Crippen LogP contribution >= 0.6 is 23.2 Å². The molecule has 82 valence electrons. The number of hydrogen-bond donors (Lipinski definition) is 0. The Bertz CT molecular complexity index is 482. The molecule has 0 saturated heterocycles. The minimum atomic E-state index is 0.110. The van der Waals surface area contributed by atoms with Crippen LogP contribution in [0.2, 0.25) is 10.4 Å². The lowest BCUT2D eigenvalue weighted by Gasteiger charge is -2.02. The second kappa shape index (κ2) is 4.63. The zero-order valence-corrected chi connectivity index (χ0v) is 9.83. The van der Waals surface area contributed by atoms with Gasteiger partial charge in [-0.25, -0.2) is 15.0 Å². The van der Waals surface area contributed by atoms with Crippen LogP contribution < -0.4 is 4.74 Å². The largest absolute Gasteiger partial charge is 0.481 e. The second-order valence-corrected chi connectivity index (χ2v) is 3.66. The number of rotatable bonds is 2. The minimum absolute atomic E-state index is 0.110. The Morgan fingerprint density at radius 1 is 1.19 bits per heavy atom. The molecule has 0 fully saturated rings. The van der Waals surface area contributed by atoms with E-state index in [0.29, 0.717) is 16.7 Å². The van der Waals surface area contributed by atoms with E-state index in [-0.39, 0.29) is 5.28 Å². The molecule has 4 nitrogen and oxygen atoms in total. The van der Waals surface area contributed by atoms with Crippen LogP contribution in [0.4, 0.5) is 0 Å². The Labute approximate surface area is 102 Å². The second-order valence-electron chi connectivity index (χ2n) is 2.93. The molecule has 0 aromatic carbocycles. The average molecular weight is 256 g/mol. The predicted octanol–water partition coefficient (Wildman–Crippen LogP) is 2.85. The molecule has 2 heterocycles. The van der Waals surface area contributed by atoms with Crippen LogP contribution in [0, 0.1) is 0 Å². The molecule has 0 bridgehead atoms. The maximum absolute atomic E-state index is 5.78. The molecule has 0 spiro atoms. The quantitative estimate of drug-likeness (QED) is 0.612. The summed E-state index contributed by atoms with van der Waals surface area (Å²) in [5.41, 5.74) is 1.42. The molecule has 16 heavy (non-hydrogen) atoms. The van der Waals surface area contributed by atoms with Gasteiger partial charge in [0, 0.05) is 23.9 Å². The van der Waals surface area contributed by atoms with Gasteiger partial charge in [0.2, 0.25) is 11.2 Å². The first-order chi connectivity index (χ1) is 7.69. The van der Waals surface area contributed by atoms with Gasteiger partial charge in [0.25, 0.3) is 0 Å². The van der Waals surface area contributed by atoms with E-state index in [9.17, 15) is 0 Å². The summed E-state index contributed by atoms with van der Waals surface area (Å²) < 4.78 is 4.96. The van der Waals surface area contributed by atoms with Crippen molar-refractivity contribution < 1.29 is 4.74 Å². The Balaban J connectivity index is 2.42. The van der Waals surface area contributed by atoms with Crippen molar-refractivity contribution in [3.63, 3.8) is 0 Å². The Hall–Kier alpha value is -1.39. The van der Waals surface area contributed by atoms with Gasteiger partial charge in [0.05, 0.1) is 12.8 Å². The fourth-order valence-electron chi connectivity index (χ4n) is 1.19. The number of methoxy groups -OCH3 is 1. The lowest BCUT2D eigenvalue weighted by molar-refractivity contribution is 0.398. The average Bonchev–Trinajstić information content (AvgIpc) is 2.28. The summed E-state index contributed by atoms with van der Waals surface area (Å²) >= 11 is 11.5. The summed E-state index contributed by atoms with van der Waals surface area (Å²) in [6, 6.07) is 5.18. The van der Waals surface area contributed by atoms with Crippen molar-refractivity contribution in [2.45, 2.75) is 0 Å². The van der Waals surface area contributed by atoms with E-state index < -0.39 is 0 Å². The SMILES string of the molecule is COc1ccc(-c2cc(Cl)nc(Cl)n2)cn1. The predicted molar refractivity (Wildman–Crippen MR) is 61.8 cm³/mol. The van der Waals surface area contributed by atoms with E-state index >= 15 is 0 Å². The Kier molecular flexibility index (Phi) is 3.22.